The molecule has 100 valence electrons. The zero-order chi connectivity index (χ0) is 14.1. The van der Waals surface area contributed by atoms with Crippen molar-refractivity contribution in [1.82, 2.24) is 0 Å². The van der Waals surface area contributed by atoms with Gasteiger partial charge in [-0.3, -0.25) is 0 Å². The Bertz CT molecular complexity index is 787. The van der Waals surface area contributed by atoms with Crippen LogP contribution in [0.4, 0.5) is 21.5 Å². The third-order valence-electron chi connectivity index (χ3n) is 3.12. The first kappa shape index (κ1) is 12.9. The maximum atomic E-state index is 13.4. The largest absolute Gasteiger partial charge is 0.397 e. The van der Waals surface area contributed by atoms with Crippen molar-refractivity contribution in [2.45, 2.75) is 0 Å². The van der Waals surface area contributed by atoms with Crippen molar-refractivity contribution in [3.8, 4) is 0 Å². The average molecular weight is 331 g/mol. The van der Waals surface area contributed by atoms with Crippen LogP contribution in [0, 0.1) is 5.82 Å². The van der Waals surface area contributed by atoms with E-state index < -0.39 is 0 Å². The minimum Gasteiger partial charge on any atom is -0.397 e. The number of benzene rings is 3. The summed E-state index contributed by atoms with van der Waals surface area (Å²) in [6.07, 6.45) is 0. The van der Waals surface area contributed by atoms with E-state index in [1.807, 2.05) is 36.4 Å². The van der Waals surface area contributed by atoms with Crippen molar-refractivity contribution < 1.29 is 4.39 Å². The summed E-state index contributed by atoms with van der Waals surface area (Å²) in [7, 11) is 0. The van der Waals surface area contributed by atoms with E-state index in [0.717, 1.165) is 11.1 Å². The Kier molecular flexibility index (Phi) is 3.32. The first-order chi connectivity index (χ1) is 9.63. The van der Waals surface area contributed by atoms with E-state index in [1.165, 1.54) is 11.5 Å². The highest BCUT2D eigenvalue weighted by Crippen LogP contribution is 2.30. The fourth-order valence-electron chi connectivity index (χ4n) is 2.09. The second kappa shape index (κ2) is 5.13. The van der Waals surface area contributed by atoms with Crippen LogP contribution in [0.1, 0.15) is 0 Å². The minimum atomic E-state index is -0.369. The third kappa shape index (κ3) is 2.47. The second-order valence-corrected chi connectivity index (χ2v) is 5.39. The van der Waals surface area contributed by atoms with Gasteiger partial charge in [-0.2, -0.15) is 0 Å². The maximum Gasteiger partial charge on any atom is 0.139 e. The van der Waals surface area contributed by atoms with E-state index in [4.69, 9.17) is 5.73 Å². The summed E-state index contributed by atoms with van der Waals surface area (Å²) >= 11 is 3.16. The Morgan fingerprint density at radius 3 is 2.50 bits per heavy atom. The summed E-state index contributed by atoms with van der Waals surface area (Å²) in [6.45, 7) is 0. The van der Waals surface area contributed by atoms with Gasteiger partial charge in [-0.1, -0.05) is 30.3 Å². The van der Waals surface area contributed by atoms with E-state index in [9.17, 15) is 4.39 Å². The van der Waals surface area contributed by atoms with E-state index in [0.29, 0.717) is 15.8 Å². The number of halogens is 2. The number of hydrogen-bond donors (Lipinski definition) is 2. The first-order valence-corrected chi connectivity index (χ1v) is 6.93. The molecule has 0 aliphatic heterocycles. The number of rotatable bonds is 2. The van der Waals surface area contributed by atoms with Crippen LogP contribution in [-0.4, -0.2) is 0 Å². The molecule has 3 N–H and O–H groups in total. The molecule has 0 spiro atoms. The summed E-state index contributed by atoms with van der Waals surface area (Å²) in [6, 6.07) is 17.1. The van der Waals surface area contributed by atoms with Crippen molar-refractivity contribution >= 4 is 43.8 Å². The number of hydrogen-bond acceptors (Lipinski definition) is 2. The van der Waals surface area contributed by atoms with Crippen molar-refractivity contribution in [2.75, 3.05) is 11.1 Å². The molecule has 0 aliphatic carbocycles. The average Bonchev–Trinajstić information content (AvgIpc) is 2.44. The van der Waals surface area contributed by atoms with Crippen LogP contribution in [0.15, 0.2) is 59.1 Å². The third-order valence-corrected chi connectivity index (χ3v) is 3.73. The molecular weight excluding hydrogens is 319 g/mol. The highest BCUT2D eigenvalue weighted by Gasteiger charge is 2.06. The van der Waals surface area contributed by atoms with Gasteiger partial charge < -0.3 is 11.1 Å². The summed E-state index contributed by atoms with van der Waals surface area (Å²) < 4.78 is 13.7. The maximum absolute atomic E-state index is 13.4. The highest BCUT2D eigenvalue weighted by atomic mass is 79.9. The molecule has 4 heteroatoms. The molecule has 20 heavy (non-hydrogen) atoms. The molecule has 0 aliphatic rings. The van der Waals surface area contributed by atoms with Crippen LogP contribution >= 0.6 is 15.9 Å². The van der Waals surface area contributed by atoms with Gasteiger partial charge in [0.15, 0.2) is 0 Å². The molecule has 0 unspecified atom stereocenters. The predicted molar refractivity (Wildman–Crippen MR) is 85.7 cm³/mol. The van der Waals surface area contributed by atoms with Crippen LogP contribution in [0.2, 0.25) is 0 Å². The quantitative estimate of drug-likeness (QED) is 0.644. The van der Waals surface area contributed by atoms with Crippen LogP contribution < -0.4 is 11.1 Å². The standard InChI is InChI=1S/C16H12BrFN2/c17-13-8-16(15(19)9-14(13)18)20-12-6-5-10-3-1-2-4-11(10)7-12/h1-9,20H,19H2. The summed E-state index contributed by atoms with van der Waals surface area (Å²) in [4.78, 5) is 0. The molecule has 2 nitrogen and oxygen atoms in total. The molecule has 3 aromatic carbocycles. The molecular formula is C16H12BrFN2. The summed E-state index contributed by atoms with van der Waals surface area (Å²) in [5.41, 5.74) is 7.79. The van der Waals surface area contributed by atoms with Gasteiger partial charge in [0.25, 0.3) is 0 Å². The monoisotopic (exact) mass is 330 g/mol. The van der Waals surface area contributed by atoms with Crippen molar-refractivity contribution in [3.05, 3.63) is 64.9 Å². The van der Waals surface area contributed by atoms with Gasteiger partial charge in [0, 0.05) is 11.8 Å². The van der Waals surface area contributed by atoms with Gasteiger partial charge in [-0.05, 0) is 44.9 Å². The summed E-state index contributed by atoms with van der Waals surface area (Å²) in [5, 5.41) is 5.52. The molecule has 3 aromatic rings. The van der Waals surface area contributed by atoms with E-state index in [1.54, 1.807) is 6.07 Å². The molecule has 0 atom stereocenters. The van der Waals surface area contributed by atoms with Crippen LogP contribution in [0.3, 0.4) is 0 Å². The fraction of sp³-hybridized carbons (Fsp3) is 0. The van der Waals surface area contributed by atoms with Crippen molar-refractivity contribution in [3.63, 3.8) is 0 Å². The SMILES string of the molecule is Nc1cc(F)c(Br)cc1Nc1ccc2ccccc2c1. The first-order valence-electron chi connectivity index (χ1n) is 6.14. The second-order valence-electron chi connectivity index (χ2n) is 4.54. The number of fused-ring (bicyclic) bond motifs is 1. The Morgan fingerprint density at radius 2 is 1.70 bits per heavy atom. The number of nitrogen functional groups attached to an aromatic ring is 1. The Labute approximate surface area is 124 Å². The highest BCUT2D eigenvalue weighted by molar-refractivity contribution is 9.10. The van der Waals surface area contributed by atoms with Crippen molar-refractivity contribution in [2.24, 2.45) is 0 Å². The van der Waals surface area contributed by atoms with E-state index >= 15 is 0 Å². The Balaban J connectivity index is 1.99. The Hall–Kier alpha value is -2.07. The molecule has 0 fully saturated rings. The lowest BCUT2D eigenvalue weighted by molar-refractivity contribution is 0.622. The molecule has 0 bridgehead atoms. The number of nitrogens with two attached hydrogens (primary N) is 1. The zero-order valence-electron chi connectivity index (χ0n) is 10.5. The normalized spacial score (nSPS) is 10.7. The van der Waals surface area contributed by atoms with Gasteiger partial charge in [0.05, 0.1) is 15.8 Å². The lowest BCUT2D eigenvalue weighted by atomic mass is 10.1. The van der Waals surface area contributed by atoms with Gasteiger partial charge in [-0.25, -0.2) is 4.39 Å². The molecule has 0 radical (unpaired) electrons. The van der Waals surface area contributed by atoms with Gasteiger partial charge >= 0.3 is 0 Å². The molecule has 3 rings (SSSR count). The Morgan fingerprint density at radius 1 is 0.950 bits per heavy atom. The molecule has 0 saturated heterocycles. The van der Waals surface area contributed by atoms with Gasteiger partial charge in [-0.15, -0.1) is 0 Å². The lowest BCUT2D eigenvalue weighted by Crippen LogP contribution is -1.97. The molecule has 0 amide bonds. The lowest BCUT2D eigenvalue weighted by Gasteiger charge is -2.11. The van der Waals surface area contributed by atoms with Gasteiger partial charge in [0.2, 0.25) is 0 Å². The fourth-order valence-corrected chi connectivity index (χ4v) is 2.44. The number of anilines is 3. The van der Waals surface area contributed by atoms with Gasteiger partial charge in [0.1, 0.15) is 5.82 Å². The predicted octanol–water partition coefficient (Wildman–Crippen LogP) is 5.07. The molecule has 0 heterocycles. The van der Waals surface area contributed by atoms with E-state index in [-0.39, 0.29) is 5.82 Å². The zero-order valence-corrected chi connectivity index (χ0v) is 12.1. The van der Waals surface area contributed by atoms with E-state index in [2.05, 4.69) is 27.3 Å². The summed E-state index contributed by atoms with van der Waals surface area (Å²) in [5.74, 6) is -0.369. The smallest absolute Gasteiger partial charge is 0.139 e. The molecule has 0 saturated carbocycles. The van der Waals surface area contributed by atoms with Crippen LogP contribution in [-0.2, 0) is 0 Å². The van der Waals surface area contributed by atoms with Crippen LogP contribution in [0.25, 0.3) is 10.8 Å². The topological polar surface area (TPSA) is 38.0 Å². The number of nitrogens with one attached hydrogen (secondary N) is 1. The van der Waals surface area contributed by atoms with Crippen LogP contribution in [0.5, 0.6) is 0 Å². The minimum absolute atomic E-state index is 0.369. The van der Waals surface area contributed by atoms with Crippen molar-refractivity contribution in [1.29, 1.82) is 0 Å². The molecule has 0 aromatic heterocycles.